The fourth-order valence-electron chi connectivity index (χ4n) is 2.48. The van der Waals surface area contributed by atoms with Gasteiger partial charge in [0.05, 0.1) is 6.10 Å². The Morgan fingerprint density at radius 2 is 2.00 bits per heavy atom. The van der Waals surface area contributed by atoms with E-state index in [-0.39, 0.29) is 18.1 Å². The van der Waals surface area contributed by atoms with Gasteiger partial charge in [0.25, 0.3) is 0 Å². The fourth-order valence-corrected chi connectivity index (χ4v) is 2.48. The highest BCUT2D eigenvalue weighted by molar-refractivity contribution is 5.17. The molecule has 0 radical (unpaired) electrons. The molecule has 82 valence electrons. The Hall–Kier alpha value is -0.930. The molecule has 1 saturated carbocycles. The summed E-state index contributed by atoms with van der Waals surface area (Å²) in [6, 6.07) is 4.00. The molecule has 3 heteroatoms. The maximum atomic E-state index is 9.77. The van der Waals surface area contributed by atoms with Gasteiger partial charge in [0.1, 0.15) is 0 Å². The number of aromatic nitrogens is 1. The number of hydrogen-bond acceptors (Lipinski definition) is 3. The molecule has 15 heavy (non-hydrogen) atoms. The van der Waals surface area contributed by atoms with Gasteiger partial charge in [-0.1, -0.05) is 6.92 Å². The number of hydrogen-bond donors (Lipinski definition) is 2. The predicted octanol–water partition coefficient (Wildman–Crippen LogP) is 1.28. The van der Waals surface area contributed by atoms with Crippen molar-refractivity contribution in [2.75, 3.05) is 0 Å². The Morgan fingerprint density at radius 1 is 1.33 bits per heavy atom. The van der Waals surface area contributed by atoms with Gasteiger partial charge in [0.15, 0.2) is 0 Å². The lowest BCUT2D eigenvalue weighted by Crippen LogP contribution is -2.44. The zero-order valence-corrected chi connectivity index (χ0v) is 9.00. The maximum Gasteiger partial charge on any atom is 0.0716 e. The molecule has 3 N–H and O–H groups in total. The zero-order chi connectivity index (χ0) is 10.8. The normalized spacial score (nSPS) is 36.5. The first-order valence-corrected chi connectivity index (χ1v) is 5.52. The van der Waals surface area contributed by atoms with Crippen LogP contribution >= 0.6 is 0 Å². The number of aliphatic hydroxyl groups excluding tert-OH is 1. The van der Waals surface area contributed by atoms with Crippen molar-refractivity contribution in [1.82, 2.24) is 4.98 Å². The quantitative estimate of drug-likeness (QED) is 0.727. The third kappa shape index (κ3) is 2.19. The van der Waals surface area contributed by atoms with Crippen molar-refractivity contribution < 1.29 is 5.11 Å². The van der Waals surface area contributed by atoms with Gasteiger partial charge in [-0.3, -0.25) is 4.98 Å². The van der Waals surface area contributed by atoms with E-state index >= 15 is 0 Å². The molecule has 0 unspecified atom stereocenters. The smallest absolute Gasteiger partial charge is 0.0716 e. The predicted molar refractivity (Wildman–Crippen MR) is 59.4 cm³/mol. The molecule has 1 aliphatic carbocycles. The molecular weight excluding hydrogens is 188 g/mol. The molecule has 0 aliphatic heterocycles. The van der Waals surface area contributed by atoms with Crippen LogP contribution in [0.5, 0.6) is 0 Å². The third-order valence-corrected chi connectivity index (χ3v) is 3.41. The highest BCUT2D eigenvalue weighted by Crippen LogP contribution is 2.35. The fraction of sp³-hybridized carbons (Fsp3) is 0.583. The van der Waals surface area contributed by atoms with Crippen LogP contribution in [0.2, 0.25) is 0 Å². The standard InChI is InChI=1S/C12H18N2O/c1-8-6-10(7-11(13)12(8)15)9-2-4-14-5-3-9/h2-5,8,10-12,15H,6-7,13H2,1H3/t8-,10+,11+,12+/m0/s1. The Bertz CT molecular complexity index is 303. The topological polar surface area (TPSA) is 59.1 Å². The van der Waals surface area contributed by atoms with Gasteiger partial charge in [-0.15, -0.1) is 0 Å². The van der Waals surface area contributed by atoms with Crippen LogP contribution < -0.4 is 5.73 Å². The van der Waals surface area contributed by atoms with Gasteiger partial charge in [0, 0.05) is 18.4 Å². The van der Waals surface area contributed by atoms with Crippen molar-refractivity contribution in [3.8, 4) is 0 Å². The molecule has 1 aromatic heterocycles. The van der Waals surface area contributed by atoms with Crippen molar-refractivity contribution in [2.45, 2.75) is 37.8 Å². The molecule has 0 aromatic carbocycles. The van der Waals surface area contributed by atoms with Crippen molar-refractivity contribution in [1.29, 1.82) is 0 Å². The molecule has 1 aromatic rings. The van der Waals surface area contributed by atoms with Crippen LogP contribution in [0.25, 0.3) is 0 Å². The molecule has 0 saturated heterocycles. The number of pyridine rings is 1. The second kappa shape index (κ2) is 4.29. The van der Waals surface area contributed by atoms with E-state index in [4.69, 9.17) is 5.73 Å². The molecule has 0 bridgehead atoms. The summed E-state index contributed by atoms with van der Waals surface area (Å²) in [6.45, 7) is 2.07. The molecular formula is C12H18N2O. The summed E-state index contributed by atoms with van der Waals surface area (Å²) in [7, 11) is 0. The third-order valence-electron chi connectivity index (χ3n) is 3.41. The molecule has 0 spiro atoms. The lowest BCUT2D eigenvalue weighted by Gasteiger charge is -2.36. The average Bonchev–Trinajstić information content (AvgIpc) is 2.26. The van der Waals surface area contributed by atoms with Gasteiger partial charge >= 0.3 is 0 Å². The van der Waals surface area contributed by atoms with E-state index in [0.717, 1.165) is 12.8 Å². The van der Waals surface area contributed by atoms with E-state index < -0.39 is 0 Å². The van der Waals surface area contributed by atoms with Crippen LogP contribution in [0, 0.1) is 5.92 Å². The lowest BCUT2D eigenvalue weighted by atomic mass is 9.75. The first-order chi connectivity index (χ1) is 7.18. The summed E-state index contributed by atoms with van der Waals surface area (Å²) in [4.78, 5) is 4.01. The van der Waals surface area contributed by atoms with E-state index in [1.807, 2.05) is 24.5 Å². The Morgan fingerprint density at radius 3 is 2.60 bits per heavy atom. The minimum Gasteiger partial charge on any atom is -0.391 e. The van der Waals surface area contributed by atoms with E-state index in [1.54, 1.807) is 0 Å². The number of nitrogens with zero attached hydrogens (tertiary/aromatic N) is 1. The van der Waals surface area contributed by atoms with Crippen LogP contribution in [0.1, 0.15) is 31.2 Å². The Kier molecular flexibility index (Phi) is 3.03. The van der Waals surface area contributed by atoms with Crippen molar-refractivity contribution >= 4 is 0 Å². The minimum absolute atomic E-state index is 0.0908. The van der Waals surface area contributed by atoms with Crippen LogP contribution in [0.4, 0.5) is 0 Å². The molecule has 2 rings (SSSR count). The van der Waals surface area contributed by atoms with Gasteiger partial charge in [0.2, 0.25) is 0 Å². The van der Waals surface area contributed by atoms with Crippen LogP contribution in [-0.2, 0) is 0 Å². The number of nitrogens with two attached hydrogens (primary N) is 1. The summed E-state index contributed by atoms with van der Waals surface area (Å²) in [5, 5.41) is 9.77. The summed E-state index contributed by atoms with van der Waals surface area (Å²) in [5.41, 5.74) is 7.22. The van der Waals surface area contributed by atoms with Gasteiger partial charge in [-0.25, -0.2) is 0 Å². The van der Waals surface area contributed by atoms with Gasteiger partial charge < -0.3 is 10.8 Å². The van der Waals surface area contributed by atoms with Crippen molar-refractivity contribution in [3.05, 3.63) is 30.1 Å². The minimum atomic E-state index is -0.344. The Balaban J connectivity index is 2.13. The average molecular weight is 206 g/mol. The van der Waals surface area contributed by atoms with Crippen LogP contribution in [0.3, 0.4) is 0 Å². The first-order valence-electron chi connectivity index (χ1n) is 5.52. The molecule has 1 heterocycles. The molecule has 1 fully saturated rings. The second-order valence-corrected chi connectivity index (χ2v) is 4.58. The number of aliphatic hydroxyl groups is 1. The highest BCUT2D eigenvalue weighted by atomic mass is 16.3. The van der Waals surface area contributed by atoms with E-state index in [9.17, 15) is 5.11 Å². The summed E-state index contributed by atoms with van der Waals surface area (Å²) < 4.78 is 0. The second-order valence-electron chi connectivity index (χ2n) is 4.58. The molecule has 1 aliphatic rings. The highest BCUT2D eigenvalue weighted by Gasteiger charge is 2.32. The van der Waals surface area contributed by atoms with Crippen LogP contribution in [-0.4, -0.2) is 22.2 Å². The van der Waals surface area contributed by atoms with Gasteiger partial charge in [-0.2, -0.15) is 0 Å². The zero-order valence-electron chi connectivity index (χ0n) is 9.00. The largest absolute Gasteiger partial charge is 0.391 e. The van der Waals surface area contributed by atoms with Crippen molar-refractivity contribution in [3.63, 3.8) is 0 Å². The van der Waals surface area contributed by atoms with Gasteiger partial charge in [-0.05, 0) is 42.4 Å². The molecule has 4 atom stereocenters. The Labute approximate surface area is 90.3 Å². The first kappa shape index (κ1) is 10.6. The number of rotatable bonds is 1. The van der Waals surface area contributed by atoms with E-state index in [1.165, 1.54) is 5.56 Å². The molecule has 0 amide bonds. The summed E-state index contributed by atoms with van der Waals surface area (Å²) >= 11 is 0. The van der Waals surface area contributed by atoms with Crippen molar-refractivity contribution in [2.24, 2.45) is 11.7 Å². The maximum absolute atomic E-state index is 9.77. The summed E-state index contributed by atoms with van der Waals surface area (Å²) in [5.74, 6) is 0.758. The monoisotopic (exact) mass is 206 g/mol. The SMILES string of the molecule is C[C@H]1C[C@@H](c2ccncc2)C[C@@H](N)[C@@H]1O. The van der Waals surface area contributed by atoms with Crippen LogP contribution in [0.15, 0.2) is 24.5 Å². The van der Waals surface area contributed by atoms with E-state index in [0.29, 0.717) is 5.92 Å². The lowest BCUT2D eigenvalue weighted by molar-refractivity contribution is 0.0520. The summed E-state index contributed by atoms with van der Waals surface area (Å²) in [6.07, 6.45) is 5.17. The van der Waals surface area contributed by atoms with E-state index in [2.05, 4.69) is 11.9 Å². The molecule has 3 nitrogen and oxygen atoms in total.